The summed E-state index contributed by atoms with van der Waals surface area (Å²) in [6, 6.07) is 16.2. The van der Waals surface area contributed by atoms with Crippen molar-refractivity contribution in [2.24, 2.45) is 0 Å². The van der Waals surface area contributed by atoms with Gasteiger partial charge in [0.25, 0.3) is 0 Å². The zero-order valence-corrected chi connectivity index (χ0v) is 21.8. The van der Waals surface area contributed by atoms with E-state index in [2.05, 4.69) is 38.4 Å². The molecule has 2 aromatic carbocycles. The van der Waals surface area contributed by atoms with Gasteiger partial charge in [0.2, 0.25) is 0 Å². The minimum atomic E-state index is -1.36. The molecule has 34 heavy (non-hydrogen) atoms. The highest BCUT2D eigenvalue weighted by atomic mass is 28.3. The van der Waals surface area contributed by atoms with Gasteiger partial charge in [0, 0.05) is 21.6 Å². The summed E-state index contributed by atoms with van der Waals surface area (Å²) in [5.74, 6) is -0.481. The molecule has 0 N–H and O–H groups in total. The monoisotopic (exact) mass is 481 g/mol. The Hall–Kier alpha value is -2.90. The van der Waals surface area contributed by atoms with Gasteiger partial charge in [0.05, 0.1) is 20.3 Å². The standard InChI is InChI=1S/C27H35NO5Si/c1-7-20-17-22(13-14-23(20)21-11-9-8-10-12-21)27(32-3)18-24(25(29)31-2)28(19-27)26(30)33-15-16-34(4,5)6/h7-14,17,24H,1,15-16,18-19H2,2-6H3/t24-,27-/m0/s1. The lowest BCUT2D eigenvalue weighted by Gasteiger charge is -2.29. The summed E-state index contributed by atoms with van der Waals surface area (Å²) in [4.78, 5) is 27.1. The van der Waals surface area contributed by atoms with Crippen LogP contribution in [0.1, 0.15) is 17.5 Å². The average Bonchev–Trinajstić information content (AvgIpc) is 3.24. The van der Waals surface area contributed by atoms with E-state index in [0.717, 1.165) is 28.3 Å². The van der Waals surface area contributed by atoms with Crippen molar-refractivity contribution in [3.63, 3.8) is 0 Å². The summed E-state index contributed by atoms with van der Waals surface area (Å²) in [6.07, 6.45) is 1.57. The van der Waals surface area contributed by atoms with Gasteiger partial charge in [-0.05, 0) is 34.4 Å². The van der Waals surface area contributed by atoms with Crippen LogP contribution in [0.25, 0.3) is 17.2 Å². The van der Waals surface area contributed by atoms with E-state index in [4.69, 9.17) is 14.2 Å². The second-order valence-electron chi connectivity index (χ2n) is 9.87. The molecule has 2 aromatic rings. The van der Waals surface area contributed by atoms with E-state index in [1.165, 1.54) is 12.0 Å². The minimum absolute atomic E-state index is 0.191. The molecule has 0 radical (unpaired) electrons. The first-order valence-corrected chi connectivity index (χ1v) is 15.2. The van der Waals surface area contributed by atoms with E-state index < -0.39 is 31.8 Å². The van der Waals surface area contributed by atoms with Gasteiger partial charge in [-0.2, -0.15) is 0 Å². The van der Waals surface area contributed by atoms with E-state index in [-0.39, 0.29) is 13.0 Å². The van der Waals surface area contributed by atoms with Gasteiger partial charge in [0.15, 0.2) is 0 Å². The molecule has 3 rings (SSSR count). The lowest BCUT2D eigenvalue weighted by Crippen LogP contribution is -2.42. The largest absolute Gasteiger partial charge is 0.467 e. The van der Waals surface area contributed by atoms with Crippen LogP contribution in [0.5, 0.6) is 0 Å². The van der Waals surface area contributed by atoms with Gasteiger partial charge in [-0.3, -0.25) is 4.90 Å². The van der Waals surface area contributed by atoms with Gasteiger partial charge in [0.1, 0.15) is 11.6 Å². The van der Waals surface area contributed by atoms with Crippen molar-refractivity contribution >= 4 is 26.2 Å². The maximum Gasteiger partial charge on any atom is 0.410 e. The molecule has 1 aliphatic heterocycles. The van der Waals surface area contributed by atoms with Crippen LogP contribution in [0, 0.1) is 0 Å². The summed E-state index contributed by atoms with van der Waals surface area (Å²) in [7, 11) is 1.57. The second-order valence-corrected chi connectivity index (χ2v) is 15.5. The molecule has 0 unspecified atom stereocenters. The molecule has 0 bridgehead atoms. The Kier molecular flexibility index (Phi) is 7.99. The number of carbonyl (C=O) groups excluding carboxylic acids is 2. The normalized spacial score (nSPS) is 20.1. The Balaban J connectivity index is 1.92. The number of rotatable bonds is 8. The van der Waals surface area contributed by atoms with Crippen molar-refractivity contribution in [1.29, 1.82) is 0 Å². The Morgan fingerprint density at radius 2 is 1.85 bits per heavy atom. The molecule has 0 spiro atoms. The van der Waals surface area contributed by atoms with Crippen LogP contribution in [-0.2, 0) is 24.6 Å². The molecule has 7 heteroatoms. The smallest absolute Gasteiger partial charge is 0.410 e. The molecule has 2 atom stereocenters. The number of nitrogens with zero attached hydrogens (tertiary/aromatic N) is 1. The summed E-state index contributed by atoms with van der Waals surface area (Å²) in [5, 5.41) is 0. The van der Waals surface area contributed by atoms with Crippen LogP contribution in [0.4, 0.5) is 4.79 Å². The maximum absolute atomic E-state index is 13.0. The van der Waals surface area contributed by atoms with Gasteiger partial charge >= 0.3 is 12.1 Å². The third kappa shape index (κ3) is 5.59. The summed E-state index contributed by atoms with van der Waals surface area (Å²) in [5.41, 5.74) is 3.09. The van der Waals surface area contributed by atoms with Crippen molar-refractivity contribution in [2.75, 3.05) is 27.4 Å². The zero-order valence-electron chi connectivity index (χ0n) is 20.8. The predicted molar refractivity (Wildman–Crippen MR) is 137 cm³/mol. The fourth-order valence-electron chi connectivity index (χ4n) is 4.31. The summed E-state index contributed by atoms with van der Waals surface area (Å²) in [6.45, 7) is 11.2. The molecular formula is C27H35NO5Si. The average molecular weight is 482 g/mol. The molecule has 1 aliphatic rings. The number of hydrogen-bond donors (Lipinski definition) is 0. The predicted octanol–water partition coefficient (Wildman–Crippen LogP) is 5.56. The number of likely N-dealkylation sites (tertiary alicyclic amines) is 1. The van der Waals surface area contributed by atoms with Crippen LogP contribution in [0.2, 0.25) is 25.7 Å². The molecule has 1 amide bonds. The van der Waals surface area contributed by atoms with Gasteiger partial charge in [-0.25, -0.2) is 9.59 Å². The Morgan fingerprint density at radius 1 is 1.15 bits per heavy atom. The molecule has 0 aliphatic carbocycles. The van der Waals surface area contributed by atoms with Gasteiger partial charge in [-0.15, -0.1) is 0 Å². The van der Waals surface area contributed by atoms with Crippen molar-refractivity contribution in [3.05, 3.63) is 66.2 Å². The van der Waals surface area contributed by atoms with Crippen LogP contribution in [-0.4, -0.2) is 58.4 Å². The molecule has 1 heterocycles. The first kappa shape index (κ1) is 25.7. The highest BCUT2D eigenvalue weighted by Crippen LogP contribution is 2.41. The number of amides is 1. The number of methoxy groups -OCH3 is 2. The molecule has 0 saturated carbocycles. The Bertz CT molecular complexity index is 1030. The first-order chi connectivity index (χ1) is 16.1. The van der Waals surface area contributed by atoms with Crippen molar-refractivity contribution in [1.82, 2.24) is 4.90 Å². The third-order valence-electron chi connectivity index (χ3n) is 6.38. The van der Waals surface area contributed by atoms with Crippen LogP contribution >= 0.6 is 0 Å². The number of hydrogen-bond acceptors (Lipinski definition) is 5. The van der Waals surface area contributed by atoms with Crippen molar-refractivity contribution in [2.45, 2.75) is 43.7 Å². The van der Waals surface area contributed by atoms with E-state index >= 15 is 0 Å². The summed E-state index contributed by atoms with van der Waals surface area (Å²) >= 11 is 0. The second kappa shape index (κ2) is 10.6. The highest BCUT2D eigenvalue weighted by molar-refractivity contribution is 6.76. The van der Waals surface area contributed by atoms with Crippen molar-refractivity contribution < 1.29 is 23.8 Å². The van der Waals surface area contributed by atoms with Crippen LogP contribution in [0.3, 0.4) is 0 Å². The fraction of sp³-hybridized carbons (Fsp3) is 0.407. The number of carbonyl (C=O) groups is 2. The highest BCUT2D eigenvalue weighted by Gasteiger charge is 2.51. The molecular weight excluding hydrogens is 446 g/mol. The topological polar surface area (TPSA) is 65.1 Å². The number of esters is 1. The molecule has 6 nitrogen and oxygen atoms in total. The molecule has 0 aromatic heterocycles. The summed E-state index contributed by atoms with van der Waals surface area (Å²) < 4.78 is 16.6. The minimum Gasteiger partial charge on any atom is -0.467 e. The van der Waals surface area contributed by atoms with Crippen LogP contribution in [0.15, 0.2) is 55.1 Å². The fourth-order valence-corrected chi connectivity index (χ4v) is 5.02. The van der Waals surface area contributed by atoms with Crippen molar-refractivity contribution in [3.8, 4) is 11.1 Å². The SMILES string of the molecule is C=Cc1cc([C@]2(OC)C[C@@H](C(=O)OC)N(C(=O)OCC[Si](C)(C)C)C2)ccc1-c1ccccc1. The Morgan fingerprint density at radius 3 is 2.44 bits per heavy atom. The van der Waals surface area contributed by atoms with Gasteiger partial charge < -0.3 is 14.2 Å². The quantitative estimate of drug-likeness (QED) is 0.365. The van der Waals surface area contributed by atoms with Crippen LogP contribution < -0.4 is 0 Å². The van der Waals surface area contributed by atoms with E-state index in [1.807, 2.05) is 42.5 Å². The lowest BCUT2D eigenvalue weighted by atomic mass is 9.87. The number of ether oxygens (including phenoxy) is 3. The Labute approximate surface area is 203 Å². The molecule has 182 valence electrons. The number of benzene rings is 2. The van der Waals surface area contributed by atoms with E-state index in [1.54, 1.807) is 7.11 Å². The third-order valence-corrected chi connectivity index (χ3v) is 8.09. The van der Waals surface area contributed by atoms with E-state index in [0.29, 0.717) is 6.61 Å². The zero-order chi connectivity index (χ0) is 24.9. The van der Waals surface area contributed by atoms with Gasteiger partial charge in [-0.1, -0.05) is 74.8 Å². The first-order valence-electron chi connectivity index (χ1n) is 11.5. The maximum atomic E-state index is 13.0. The molecule has 1 fully saturated rings. The lowest BCUT2D eigenvalue weighted by molar-refractivity contribution is -0.145. The molecule has 1 saturated heterocycles. The van der Waals surface area contributed by atoms with E-state index in [9.17, 15) is 9.59 Å².